The quantitative estimate of drug-likeness (QED) is 0.420. The molecule has 1 atom stereocenters. The number of allylic oxidation sites excluding steroid dienone is 1. The van der Waals surface area contributed by atoms with Gasteiger partial charge < -0.3 is 9.21 Å². The van der Waals surface area contributed by atoms with Crippen LogP contribution in [0.25, 0.3) is 32.7 Å². The van der Waals surface area contributed by atoms with Gasteiger partial charge in [-0.1, -0.05) is 42.6 Å². The molecule has 0 N–H and O–H groups in total. The van der Waals surface area contributed by atoms with Gasteiger partial charge in [0.2, 0.25) is 0 Å². The molecule has 0 amide bonds. The fraction of sp³-hybridized carbons (Fsp3) is 0.0952. The van der Waals surface area contributed by atoms with Crippen molar-refractivity contribution in [2.75, 3.05) is 0 Å². The summed E-state index contributed by atoms with van der Waals surface area (Å²) >= 11 is 1.68. The number of aldehydes is 1. The average molecular weight is 330 g/mol. The topological polar surface area (TPSA) is 30.2 Å². The third-order valence-electron chi connectivity index (χ3n) is 4.83. The van der Waals surface area contributed by atoms with Crippen molar-refractivity contribution < 1.29 is 9.21 Å². The highest BCUT2D eigenvalue weighted by atomic mass is 32.2. The van der Waals surface area contributed by atoms with E-state index >= 15 is 0 Å². The van der Waals surface area contributed by atoms with E-state index in [9.17, 15) is 4.79 Å². The molecular formula is C21H14O2S. The number of furan rings is 1. The summed E-state index contributed by atoms with van der Waals surface area (Å²) in [6, 6.07) is 16.8. The first-order valence-electron chi connectivity index (χ1n) is 7.94. The van der Waals surface area contributed by atoms with Gasteiger partial charge in [-0.15, -0.1) is 0 Å². The number of carbonyl (C=O) groups excluding carboxylic acids is 1. The molecule has 24 heavy (non-hydrogen) atoms. The molecule has 0 saturated carbocycles. The zero-order valence-electron chi connectivity index (χ0n) is 12.9. The Morgan fingerprint density at radius 2 is 1.96 bits per heavy atom. The number of thioether (sulfide) groups is 1. The van der Waals surface area contributed by atoms with Crippen molar-refractivity contribution in [3.05, 3.63) is 65.6 Å². The van der Waals surface area contributed by atoms with Crippen LogP contribution in [-0.2, 0) is 4.79 Å². The lowest BCUT2D eigenvalue weighted by atomic mass is 9.93. The first kappa shape index (κ1) is 13.9. The SMILES string of the molecule is C=C1Sc2cc3ccc4c5ccccc5oc4c3cc2C1CC=O. The Labute approximate surface area is 143 Å². The van der Waals surface area contributed by atoms with E-state index in [-0.39, 0.29) is 5.92 Å². The van der Waals surface area contributed by atoms with Gasteiger partial charge in [0.25, 0.3) is 0 Å². The third-order valence-corrected chi connectivity index (χ3v) is 5.95. The molecule has 3 heteroatoms. The van der Waals surface area contributed by atoms with Crippen LogP contribution in [0, 0.1) is 0 Å². The van der Waals surface area contributed by atoms with Crippen LogP contribution >= 0.6 is 11.8 Å². The summed E-state index contributed by atoms with van der Waals surface area (Å²) in [5.74, 6) is 0.103. The van der Waals surface area contributed by atoms with E-state index in [1.54, 1.807) is 11.8 Å². The summed E-state index contributed by atoms with van der Waals surface area (Å²) in [5.41, 5.74) is 3.02. The van der Waals surface area contributed by atoms with E-state index in [0.29, 0.717) is 6.42 Å². The Balaban J connectivity index is 1.86. The van der Waals surface area contributed by atoms with Crippen molar-refractivity contribution in [2.24, 2.45) is 0 Å². The largest absolute Gasteiger partial charge is 0.455 e. The fourth-order valence-corrected chi connectivity index (χ4v) is 4.80. The van der Waals surface area contributed by atoms with Crippen molar-refractivity contribution >= 4 is 50.8 Å². The minimum absolute atomic E-state index is 0.103. The standard InChI is InChI=1S/C21H14O2S/c1-12-14(8-9-22)18-11-17-13(10-20(18)24-12)6-7-16-15-4-2-3-5-19(15)23-21(16)17/h2-7,9-11,14H,1,8H2. The number of rotatable bonds is 2. The van der Waals surface area contributed by atoms with Crippen LogP contribution in [0.5, 0.6) is 0 Å². The Morgan fingerprint density at radius 3 is 2.83 bits per heavy atom. The van der Waals surface area contributed by atoms with E-state index in [1.165, 1.54) is 10.5 Å². The van der Waals surface area contributed by atoms with Gasteiger partial charge in [-0.05, 0) is 40.1 Å². The van der Waals surface area contributed by atoms with E-state index in [1.807, 2.05) is 18.2 Å². The molecule has 0 saturated heterocycles. The number of fused-ring (bicyclic) bond motifs is 6. The number of hydrogen-bond acceptors (Lipinski definition) is 3. The normalized spacial score (nSPS) is 17.0. The third kappa shape index (κ3) is 1.82. The summed E-state index contributed by atoms with van der Waals surface area (Å²) in [7, 11) is 0. The molecule has 0 bridgehead atoms. The maximum absolute atomic E-state index is 11.0. The molecule has 0 fully saturated rings. The molecule has 2 heterocycles. The lowest BCUT2D eigenvalue weighted by molar-refractivity contribution is -0.108. The first-order valence-corrected chi connectivity index (χ1v) is 8.76. The molecular weight excluding hydrogens is 316 g/mol. The predicted molar refractivity (Wildman–Crippen MR) is 99.6 cm³/mol. The van der Waals surface area contributed by atoms with Crippen molar-refractivity contribution in [1.29, 1.82) is 0 Å². The fourth-order valence-electron chi connectivity index (χ4n) is 3.65. The van der Waals surface area contributed by atoms with Crippen molar-refractivity contribution in [3.63, 3.8) is 0 Å². The molecule has 4 aromatic rings. The summed E-state index contributed by atoms with van der Waals surface area (Å²) in [4.78, 5) is 13.3. The van der Waals surface area contributed by atoms with Crippen LogP contribution in [0.4, 0.5) is 0 Å². The van der Waals surface area contributed by atoms with Crippen LogP contribution < -0.4 is 0 Å². The van der Waals surface area contributed by atoms with E-state index in [2.05, 4.69) is 36.9 Å². The molecule has 0 spiro atoms. The summed E-state index contributed by atoms with van der Waals surface area (Å²) < 4.78 is 6.15. The van der Waals surface area contributed by atoms with Gasteiger partial charge in [-0.2, -0.15) is 0 Å². The smallest absolute Gasteiger partial charge is 0.143 e. The number of carbonyl (C=O) groups is 1. The van der Waals surface area contributed by atoms with Gasteiger partial charge in [0, 0.05) is 33.4 Å². The van der Waals surface area contributed by atoms with Crippen LogP contribution in [0.15, 0.2) is 69.3 Å². The lowest BCUT2D eigenvalue weighted by Gasteiger charge is -2.09. The molecule has 2 nitrogen and oxygen atoms in total. The van der Waals surface area contributed by atoms with Gasteiger partial charge >= 0.3 is 0 Å². The second-order valence-electron chi connectivity index (χ2n) is 6.17. The minimum Gasteiger partial charge on any atom is -0.455 e. The molecule has 1 aliphatic rings. The van der Waals surface area contributed by atoms with Gasteiger partial charge in [-0.3, -0.25) is 0 Å². The van der Waals surface area contributed by atoms with E-state index in [0.717, 1.165) is 43.9 Å². The van der Waals surface area contributed by atoms with Crippen molar-refractivity contribution in [2.45, 2.75) is 17.2 Å². The molecule has 0 radical (unpaired) electrons. The molecule has 5 rings (SSSR count). The molecule has 1 unspecified atom stereocenters. The maximum Gasteiger partial charge on any atom is 0.143 e. The van der Waals surface area contributed by atoms with Gasteiger partial charge in [0.15, 0.2) is 0 Å². The van der Waals surface area contributed by atoms with Crippen LogP contribution in [0.3, 0.4) is 0 Å². The minimum atomic E-state index is 0.103. The zero-order chi connectivity index (χ0) is 16.3. The van der Waals surface area contributed by atoms with E-state index < -0.39 is 0 Å². The summed E-state index contributed by atoms with van der Waals surface area (Å²) in [5, 5.41) is 4.54. The van der Waals surface area contributed by atoms with Crippen LogP contribution in [0.2, 0.25) is 0 Å². The molecule has 1 aliphatic heterocycles. The summed E-state index contributed by atoms with van der Waals surface area (Å²) in [6.07, 6.45) is 1.47. The highest BCUT2D eigenvalue weighted by Gasteiger charge is 2.27. The predicted octanol–water partition coefficient (Wildman–Crippen LogP) is 6.03. The first-order chi connectivity index (χ1) is 11.8. The Hall–Kier alpha value is -2.52. The van der Waals surface area contributed by atoms with E-state index in [4.69, 9.17) is 4.42 Å². The maximum atomic E-state index is 11.0. The zero-order valence-corrected chi connectivity index (χ0v) is 13.7. The Bertz CT molecular complexity index is 1150. The number of hydrogen-bond donors (Lipinski definition) is 0. The Kier molecular flexibility index (Phi) is 2.88. The molecule has 1 aromatic heterocycles. The summed E-state index contributed by atoms with van der Waals surface area (Å²) in [6.45, 7) is 4.14. The van der Waals surface area contributed by atoms with Crippen molar-refractivity contribution in [1.82, 2.24) is 0 Å². The van der Waals surface area contributed by atoms with Crippen molar-refractivity contribution in [3.8, 4) is 0 Å². The monoisotopic (exact) mass is 330 g/mol. The highest BCUT2D eigenvalue weighted by molar-refractivity contribution is 8.03. The van der Waals surface area contributed by atoms with Gasteiger partial charge in [0.1, 0.15) is 17.5 Å². The van der Waals surface area contributed by atoms with Gasteiger partial charge in [-0.25, -0.2) is 0 Å². The molecule has 116 valence electrons. The molecule has 0 aliphatic carbocycles. The average Bonchev–Trinajstić information content (AvgIpc) is 3.11. The number of benzene rings is 3. The second kappa shape index (κ2) is 4.99. The molecule has 3 aromatic carbocycles. The second-order valence-corrected chi connectivity index (χ2v) is 7.34. The number of para-hydroxylation sites is 1. The van der Waals surface area contributed by atoms with Gasteiger partial charge in [0.05, 0.1) is 0 Å². The lowest BCUT2D eigenvalue weighted by Crippen LogP contribution is -1.95. The van der Waals surface area contributed by atoms with Crippen LogP contribution in [0.1, 0.15) is 17.9 Å². The van der Waals surface area contributed by atoms with Crippen LogP contribution in [-0.4, -0.2) is 6.29 Å². The Morgan fingerprint density at radius 1 is 1.08 bits per heavy atom. The highest BCUT2D eigenvalue weighted by Crippen LogP contribution is 2.50.